The molecule has 0 unspecified atom stereocenters. The number of benzene rings is 1. The highest BCUT2D eigenvalue weighted by Gasteiger charge is 2.14. The summed E-state index contributed by atoms with van der Waals surface area (Å²) in [7, 11) is 1.75. The molecule has 0 aliphatic carbocycles. The molecule has 0 radical (unpaired) electrons. The van der Waals surface area contributed by atoms with Gasteiger partial charge in [-0.1, -0.05) is 6.92 Å². The van der Waals surface area contributed by atoms with Gasteiger partial charge >= 0.3 is 0 Å². The minimum atomic E-state index is 0.649. The Hall–Kier alpha value is -1.75. The van der Waals surface area contributed by atoms with Crippen molar-refractivity contribution in [2.45, 2.75) is 19.8 Å². The van der Waals surface area contributed by atoms with E-state index in [0.717, 1.165) is 62.7 Å². The third-order valence-corrected chi connectivity index (χ3v) is 3.53. The predicted molar refractivity (Wildman–Crippen MR) is 84.3 cm³/mol. The Balaban J connectivity index is 2.24. The van der Waals surface area contributed by atoms with Gasteiger partial charge in [0.05, 0.1) is 18.9 Å². The molecule has 1 aromatic rings. The number of nitrogens with zero attached hydrogens (tertiary/aromatic N) is 2. The van der Waals surface area contributed by atoms with Crippen LogP contribution in [0.5, 0.6) is 5.75 Å². The second kappa shape index (κ2) is 7.88. The molecule has 116 valence electrons. The normalized spacial score (nSPS) is 15.4. The first kappa shape index (κ1) is 15.6. The topological polar surface area (TPSA) is 42.0 Å². The fraction of sp³-hybridized carbons (Fsp3) is 0.562. The zero-order valence-corrected chi connectivity index (χ0v) is 12.9. The second-order valence-corrected chi connectivity index (χ2v) is 5.17. The molecule has 0 saturated carbocycles. The largest absolute Gasteiger partial charge is 0.491 e. The monoisotopic (exact) mass is 292 g/mol. The zero-order chi connectivity index (χ0) is 15.1. The molecule has 2 rings (SSSR count). The van der Waals surface area contributed by atoms with E-state index >= 15 is 0 Å². The van der Waals surface area contributed by atoms with Crippen molar-refractivity contribution in [1.29, 1.82) is 0 Å². The van der Waals surface area contributed by atoms with Gasteiger partial charge in [0.1, 0.15) is 5.75 Å². The molecule has 0 aromatic heterocycles. The molecule has 1 saturated heterocycles. The minimum Gasteiger partial charge on any atom is -0.491 e. The van der Waals surface area contributed by atoms with Crippen LogP contribution in [-0.4, -0.2) is 46.4 Å². The molecule has 1 aromatic carbocycles. The summed E-state index contributed by atoms with van der Waals surface area (Å²) in [6.45, 7) is 6.12. The number of ether oxygens (including phenoxy) is 2. The minimum absolute atomic E-state index is 0.649. The van der Waals surface area contributed by atoms with E-state index in [4.69, 9.17) is 9.47 Å². The maximum absolute atomic E-state index is 11.1. The fourth-order valence-electron chi connectivity index (χ4n) is 2.37. The molecule has 0 atom stereocenters. The summed E-state index contributed by atoms with van der Waals surface area (Å²) in [5.74, 6) is 0.751. The van der Waals surface area contributed by atoms with E-state index in [1.165, 1.54) is 0 Å². The van der Waals surface area contributed by atoms with Crippen molar-refractivity contribution in [2.24, 2.45) is 0 Å². The van der Waals surface area contributed by atoms with Gasteiger partial charge in [0.25, 0.3) is 0 Å². The van der Waals surface area contributed by atoms with E-state index in [0.29, 0.717) is 6.61 Å². The number of carbonyl (C=O) groups excluding carboxylic acids is 1. The standard InChI is InChI=1S/C16H24N2O3/c1-3-9-21-16-6-5-14(12-15(16)17(2)13-19)18-7-4-10-20-11-8-18/h5-6,12-13H,3-4,7-11H2,1-2H3. The van der Waals surface area contributed by atoms with Gasteiger partial charge < -0.3 is 19.3 Å². The molecule has 5 nitrogen and oxygen atoms in total. The van der Waals surface area contributed by atoms with Crippen molar-refractivity contribution in [3.63, 3.8) is 0 Å². The van der Waals surface area contributed by atoms with Crippen LogP contribution >= 0.6 is 0 Å². The molecule has 1 fully saturated rings. The Bertz CT molecular complexity index is 457. The van der Waals surface area contributed by atoms with Crippen LogP contribution in [0.15, 0.2) is 18.2 Å². The SMILES string of the molecule is CCCOc1ccc(N2CCCOCC2)cc1N(C)C=O. The van der Waals surface area contributed by atoms with Gasteiger partial charge in [0, 0.05) is 32.4 Å². The molecule has 5 heteroatoms. The average molecular weight is 292 g/mol. The van der Waals surface area contributed by atoms with Gasteiger partial charge in [-0.15, -0.1) is 0 Å². The zero-order valence-electron chi connectivity index (χ0n) is 12.9. The molecular formula is C16H24N2O3. The lowest BCUT2D eigenvalue weighted by Crippen LogP contribution is -2.26. The molecule has 21 heavy (non-hydrogen) atoms. The third kappa shape index (κ3) is 4.11. The first-order chi connectivity index (χ1) is 10.3. The van der Waals surface area contributed by atoms with E-state index in [1.807, 2.05) is 12.1 Å². The lowest BCUT2D eigenvalue weighted by molar-refractivity contribution is -0.107. The van der Waals surface area contributed by atoms with Crippen molar-refractivity contribution in [3.05, 3.63) is 18.2 Å². The highest BCUT2D eigenvalue weighted by molar-refractivity contribution is 5.80. The van der Waals surface area contributed by atoms with E-state index in [1.54, 1.807) is 11.9 Å². The molecule has 1 aliphatic rings. The summed E-state index contributed by atoms with van der Waals surface area (Å²) >= 11 is 0. The van der Waals surface area contributed by atoms with E-state index in [2.05, 4.69) is 17.9 Å². The van der Waals surface area contributed by atoms with Crippen LogP contribution in [0.3, 0.4) is 0 Å². The summed E-state index contributed by atoms with van der Waals surface area (Å²) < 4.78 is 11.2. The second-order valence-electron chi connectivity index (χ2n) is 5.17. The summed E-state index contributed by atoms with van der Waals surface area (Å²) in [6.07, 6.45) is 2.77. The summed E-state index contributed by atoms with van der Waals surface area (Å²) in [5.41, 5.74) is 1.91. The van der Waals surface area contributed by atoms with Gasteiger partial charge in [0.2, 0.25) is 6.41 Å². The van der Waals surface area contributed by atoms with Crippen molar-refractivity contribution in [3.8, 4) is 5.75 Å². The van der Waals surface area contributed by atoms with Gasteiger partial charge in [-0.2, -0.15) is 0 Å². The highest BCUT2D eigenvalue weighted by atomic mass is 16.5. The smallest absolute Gasteiger partial charge is 0.213 e. The number of amides is 1. The maximum atomic E-state index is 11.1. The van der Waals surface area contributed by atoms with Gasteiger partial charge in [-0.3, -0.25) is 4.79 Å². The molecule has 1 amide bonds. The number of hydrogen-bond donors (Lipinski definition) is 0. The molecule has 0 spiro atoms. The molecule has 1 aliphatic heterocycles. The van der Waals surface area contributed by atoms with Crippen LogP contribution < -0.4 is 14.5 Å². The van der Waals surface area contributed by atoms with Crippen LogP contribution in [0.25, 0.3) is 0 Å². The van der Waals surface area contributed by atoms with Crippen molar-refractivity contribution >= 4 is 17.8 Å². The fourth-order valence-corrected chi connectivity index (χ4v) is 2.37. The van der Waals surface area contributed by atoms with Crippen molar-refractivity contribution in [1.82, 2.24) is 0 Å². The maximum Gasteiger partial charge on any atom is 0.213 e. The highest BCUT2D eigenvalue weighted by Crippen LogP contribution is 2.32. The molecular weight excluding hydrogens is 268 g/mol. The van der Waals surface area contributed by atoms with Crippen LogP contribution in [0.4, 0.5) is 11.4 Å². The summed E-state index contributed by atoms with van der Waals surface area (Å²) in [5, 5.41) is 0. The first-order valence-electron chi connectivity index (χ1n) is 7.54. The van der Waals surface area contributed by atoms with Crippen LogP contribution in [-0.2, 0) is 9.53 Å². The Morgan fingerprint density at radius 2 is 2.24 bits per heavy atom. The van der Waals surface area contributed by atoms with Crippen LogP contribution in [0, 0.1) is 0 Å². The summed E-state index contributed by atoms with van der Waals surface area (Å²) in [4.78, 5) is 15.0. The third-order valence-electron chi connectivity index (χ3n) is 3.53. The number of carbonyl (C=O) groups is 1. The number of rotatable bonds is 6. The lowest BCUT2D eigenvalue weighted by Gasteiger charge is -2.25. The van der Waals surface area contributed by atoms with E-state index in [-0.39, 0.29) is 0 Å². The van der Waals surface area contributed by atoms with Gasteiger partial charge in [-0.05, 0) is 31.0 Å². The Kier molecular flexibility index (Phi) is 5.87. The van der Waals surface area contributed by atoms with E-state index in [9.17, 15) is 4.79 Å². The summed E-state index contributed by atoms with van der Waals surface area (Å²) in [6, 6.07) is 6.02. The predicted octanol–water partition coefficient (Wildman–Crippen LogP) is 2.29. The number of anilines is 2. The van der Waals surface area contributed by atoms with Crippen LogP contribution in [0.1, 0.15) is 19.8 Å². The Morgan fingerprint density at radius 1 is 1.38 bits per heavy atom. The lowest BCUT2D eigenvalue weighted by atomic mass is 10.2. The van der Waals surface area contributed by atoms with Crippen molar-refractivity contribution in [2.75, 3.05) is 49.8 Å². The molecule has 0 bridgehead atoms. The first-order valence-corrected chi connectivity index (χ1v) is 7.54. The van der Waals surface area contributed by atoms with E-state index < -0.39 is 0 Å². The molecule has 0 N–H and O–H groups in total. The van der Waals surface area contributed by atoms with Gasteiger partial charge in [-0.25, -0.2) is 0 Å². The average Bonchev–Trinajstić information content (AvgIpc) is 2.81. The molecule has 1 heterocycles. The quantitative estimate of drug-likeness (QED) is 0.755. The Morgan fingerprint density at radius 3 is 3.00 bits per heavy atom. The van der Waals surface area contributed by atoms with Gasteiger partial charge in [0.15, 0.2) is 0 Å². The van der Waals surface area contributed by atoms with Crippen molar-refractivity contribution < 1.29 is 14.3 Å². The van der Waals surface area contributed by atoms with Crippen LogP contribution in [0.2, 0.25) is 0 Å². The Labute approximate surface area is 126 Å². The number of hydrogen-bond acceptors (Lipinski definition) is 4.